The van der Waals surface area contributed by atoms with Crippen molar-refractivity contribution in [1.29, 1.82) is 0 Å². The van der Waals surface area contributed by atoms with Crippen LogP contribution in [0.1, 0.15) is 12.5 Å². The summed E-state index contributed by atoms with van der Waals surface area (Å²) in [6.45, 7) is 3.15. The van der Waals surface area contributed by atoms with Crippen LogP contribution in [0.4, 0.5) is 0 Å². The third-order valence-corrected chi connectivity index (χ3v) is 6.78. The summed E-state index contributed by atoms with van der Waals surface area (Å²) in [6, 6.07) is 15.8. The van der Waals surface area contributed by atoms with E-state index in [4.69, 9.17) is 0 Å². The van der Waals surface area contributed by atoms with Crippen molar-refractivity contribution in [3.63, 3.8) is 0 Å². The quantitative estimate of drug-likeness (QED) is 0.526. The molecule has 9 heteroatoms. The van der Waals surface area contributed by atoms with Gasteiger partial charge in [0.05, 0.1) is 16.7 Å². The zero-order valence-electron chi connectivity index (χ0n) is 15.9. The SMILES string of the molecule is Cc1ccc(S(=O)(=O)N(C)CC(=O)NNC(=O)C(C)Sc2ccccc2)cc1. The standard InChI is InChI=1S/C19H23N3O4S2/c1-14-9-11-17(12-10-14)28(25,26)22(3)13-18(23)20-21-19(24)15(2)27-16-7-5-4-6-8-16/h4-12,15H,13H2,1-3H3,(H,20,23)(H,21,24). The molecule has 0 aromatic heterocycles. The summed E-state index contributed by atoms with van der Waals surface area (Å²) in [4.78, 5) is 25.2. The summed E-state index contributed by atoms with van der Waals surface area (Å²) in [5.74, 6) is -1.02. The Morgan fingerprint density at radius 1 is 1.04 bits per heavy atom. The molecule has 1 atom stereocenters. The van der Waals surface area contributed by atoms with Crippen LogP contribution in [0.3, 0.4) is 0 Å². The molecule has 2 N–H and O–H groups in total. The van der Waals surface area contributed by atoms with Crippen LogP contribution >= 0.6 is 11.8 Å². The molecule has 0 aliphatic carbocycles. The number of hydrazine groups is 1. The highest BCUT2D eigenvalue weighted by Gasteiger charge is 2.23. The molecule has 2 aromatic carbocycles. The van der Waals surface area contributed by atoms with Gasteiger partial charge in [-0.2, -0.15) is 4.31 Å². The van der Waals surface area contributed by atoms with Crippen LogP contribution < -0.4 is 10.9 Å². The van der Waals surface area contributed by atoms with Crippen LogP contribution in [0, 0.1) is 6.92 Å². The Hall–Kier alpha value is -2.36. The van der Waals surface area contributed by atoms with Crippen LogP contribution in [-0.4, -0.2) is 43.4 Å². The molecular formula is C19H23N3O4S2. The van der Waals surface area contributed by atoms with E-state index in [1.54, 1.807) is 19.1 Å². The van der Waals surface area contributed by atoms with E-state index in [9.17, 15) is 18.0 Å². The van der Waals surface area contributed by atoms with Gasteiger partial charge in [0.25, 0.3) is 11.8 Å². The Morgan fingerprint density at radius 3 is 2.25 bits per heavy atom. The van der Waals surface area contributed by atoms with Gasteiger partial charge in [0.1, 0.15) is 0 Å². The Kier molecular flexibility index (Phi) is 7.61. The number of thioether (sulfide) groups is 1. The van der Waals surface area contributed by atoms with E-state index in [-0.39, 0.29) is 10.8 Å². The highest BCUT2D eigenvalue weighted by Crippen LogP contribution is 2.22. The van der Waals surface area contributed by atoms with Gasteiger partial charge in [0, 0.05) is 11.9 Å². The first-order valence-electron chi connectivity index (χ1n) is 8.53. The number of carbonyl (C=O) groups is 2. The minimum absolute atomic E-state index is 0.102. The summed E-state index contributed by atoms with van der Waals surface area (Å²) in [5.41, 5.74) is 5.52. The lowest BCUT2D eigenvalue weighted by atomic mass is 10.2. The number of hydrogen-bond donors (Lipinski definition) is 2. The molecule has 150 valence electrons. The first-order chi connectivity index (χ1) is 13.2. The molecule has 2 amide bonds. The Labute approximate surface area is 169 Å². The van der Waals surface area contributed by atoms with Crippen LogP contribution in [0.25, 0.3) is 0 Å². The largest absolute Gasteiger partial charge is 0.272 e. The molecule has 7 nitrogen and oxygen atoms in total. The van der Waals surface area contributed by atoms with Crippen molar-refractivity contribution in [1.82, 2.24) is 15.2 Å². The lowest BCUT2D eigenvalue weighted by Crippen LogP contribution is -2.48. The fourth-order valence-corrected chi connectivity index (χ4v) is 4.22. The molecule has 0 saturated carbocycles. The van der Waals surface area contributed by atoms with Gasteiger partial charge in [-0.05, 0) is 38.1 Å². The zero-order valence-corrected chi connectivity index (χ0v) is 17.5. The van der Waals surface area contributed by atoms with Crippen molar-refractivity contribution in [3.05, 3.63) is 60.2 Å². The second-order valence-corrected chi connectivity index (χ2v) is 9.64. The van der Waals surface area contributed by atoms with Gasteiger partial charge in [0.15, 0.2) is 0 Å². The molecule has 2 rings (SSSR count). The highest BCUT2D eigenvalue weighted by molar-refractivity contribution is 8.00. The molecular weight excluding hydrogens is 398 g/mol. The number of carbonyl (C=O) groups excluding carboxylic acids is 2. The number of rotatable bonds is 7. The number of hydrogen-bond acceptors (Lipinski definition) is 5. The molecule has 0 bridgehead atoms. The molecule has 0 saturated heterocycles. The van der Waals surface area contributed by atoms with Crippen LogP contribution in [0.2, 0.25) is 0 Å². The van der Waals surface area contributed by atoms with E-state index < -0.39 is 27.7 Å². The first kappa shape index (κ1) is 21.9. The second kappa shape index (κ2) is 9.72. The minimum atomic E-state index is -3.79. The third-order valence-electron chi connectivity index (χ3n) is 3.85. The molecule has 0 aliphatic rings. The Balaban J connectivity index is 1.85. The van der Waals surface area contributed by atoms with Crippen LogP contribution in [0.15, 0.2) is 64.4 Å². The average Bonchev–Trinajstić information content (AvgIpc) is 2.67. The van der Waals surface area contributed by atoms with Crippen molar-refractivity contribution in [3.8, 4) is 0 Å². The lowest BCUT2D eigenvalue weighted by Gasteiger charge is -2.18. The summed E-state index contributed by atoms with van der Waals surface area (Å²) in [7, 11) is -2.48. The van der Waals surface area contributed by atoms with Crippen molar-refractivity contribution in [2.24, 2.45) is 0 Å². The van der Waals surface area contributed by atoms with Gasteiger partial charge >= 0.3 is 0 Å². The lowest BCUT2D eigenvalue weighted by molar-refractivity contribution is -0.128. The number of nitrogens with one attached hydrogen (secondary N) is 2. The summed E-state index contributed by atoms with van der Waals surface area (Å²) < 4.78 is 25.9. The van der Waals surface area contributed by atoms with Crippen LogP contribution in [-0.2, 0) is 19.6 Å². The van der Waals surface area contributed by atoms with Gasteiger partial charge < -0.3 is 0 Å². The van der Waals surface area contributed by atoms with Gasteiger partial charge in [-0.25, -0.2) is 8.42 Å². The van der Waals surface area contributed by atoms with Crippen molar-refractivity contribution in [2.75, 3.05) is 13.6 Å². The Bertz CT molecular complexity index is 916. The number of sulfonamides is 1. The highest BCUT2D eigenvalue weighted by atomic mass is 32.2. The minimum Gasteiger partial charge on any atom is -0.272 e. The number of nitrogens with zero attached hydrogens (tertiary/aromatic N) is 1. The predicted octanol–water partition coefficient (Wildman–Crippen LogP) is 1.94. The summed E-state index contributed by atoms with van der Waals surface area (Å²) in [6.07, 6.45) is 0. The Morgan fingerprint density at radius 2 is 1.64 bits per heavy atom. The van der Waals surface area contributed by atoms with E-state index in [1.807, 2.05) is 37.3 Å². The van der Waals surface area contributed by atoms with Gasteiger partial charge in [-0.1, -0.05) is 35.9 Å². The average molecular weight is 422 g/mol. The third kappa shape index (κ3) is 6.08. The summed E-state index contributed by atoms with van der Waals surface area (Å²) >= 11 is 1.35. The molecule has 0 fully saturated rings. The second-order valence-electron chi connectivity index (χ2n) is 6.18. The van der Waals surface area contributed by atoms with Gasteiger partial charge in [-0.3, -0.25) is 20.4 Å². The molecule has 2 aromatic rings. The van der Waals surface area contributed by atoms with E-state index >= 15 is 0 Å². The topological polar surface area (TPSA) is 95.6 Å². The maximum Gasteiger partial charge on any atom is 0.253 e. The van der Waals surface area contributed by atoms with Crippen molar-refractivity contribution < 1.29 is 18.0 Å². The van der Waals surface area contributed by atoms with E-state index in [0.29, 0.717) is 0 Å². The molecule has 0 spiro atoms. The molecule has 1 unspecified atom stereocenters. The smallest absolute Gasteiger partial charge is 0.253 e. The molecule has 0 aliphatic heterocycles. The molecule has 28 heavy (non-hydrogen) atoms. The van der Waals surface area contributed by atoms with E-state index in [1.165, 1.54) is 30.9 Å². The normalized spacial score (nSPS) is 12.4. The van der Waals surface area contributed by atoms with E-state index in [2.05, 4.69) is 10.9 Å². The maximum atomic E-state index is 12.5. The number of aryl methyl sites for hydroxylation is 1. The molecule has 0 heterocycles. The van der Waals surface area contributed by atoms with Crippen LogP contribution in [0.5, 0.6) is 0 Å². The van der Waals surface area contributed by atoms with Crippen molar-refractivity contribution >= 4 is 33.6 Å². The van der Waals surface area contributed by atoms with E-state index in [0.717, 1.165) is 14.8 Å². The maximum absolute atomic E-state index is 12.5. The predicted molar refractivity (Wildman–Crippen MR) is 109 cm³/mol. The monoisotopic (exact) mass is 421 g/mol. The number of benzene rings is 2. The fourth-order valence-electron chi connectivity index (χ4n) is 2.21. The van der Waals surface area contributed by atoms with Gasteiger partial charge in [-0.15, -0.1) is 11.8 Å². The number of likely N-dealkylation sites (N-methyl/N-ethyl adjacent to an activating group) is 1. The van der Waals surface area contributed by atoms with Crippen molar-refractivity contribution in [2.45, 2.75) is 28.9 Å². The fraction of sp³-hybridized carbons (Fsp3) is 0.263. The zero-order chi connectivity index (χ0) is 20.7. The summed E-state index contributed by atoms with van der Waals surface area (Å²) in [5, 5.41) is -0.434. The number of amides is 2. The first-order valence-corrected chi connectivity index (χ1v) is 10.9. The molecule has 0 radical (unpaired) electrons. The van der Waals surface area contributed by atoms with Gasteiger partial charge in [0.2, 0.25) is 10.0 Å².